The minimum absolute atomic E-state index is 0.897. The highest BCUT2D eigenvalue weighted by Crippen LogP contribution is 2.43. The Bertz CT molecular complexity index is 3500. The Kier molecular flexibility index (Phi) is 7.62. The molecule has 0 fully saturated rings. The molecular weight excluding hydrogens is 743 g/mol. The molecule has 0 spiro atoms. The first kappa shape index (κ1) is 33.2. The minimum atomic E-state index is 0.897. The molecule has 0 aliphatic rings. The summed E-state index contributed by atoms with van der Waals surface area (Å²) in [4.78, 5) is 2.38. The molecule has 0 unspecified atom stereocenters. The summed E-state index contributed by atoms with van der Waals surface area (Å²) < 4.78 is 11.7. The van der Waals surface area contributed by atoms with E-state index in [4.69, 9.17) is 4.42 Å². The van der Waals surface area contributed by atoms with Crippen molar-refractivity contribution in [2.45, 2.75) is 0 Å². The molecule has 0 aliphatic carbocycles. The quantitative estimate of drug-likeness (QED) is 0.167. The number of rotatable bonds is 6. The van der Waals surface area contributed by atoms with Crippen molar-refractivity contribution < 1.29 is 4.42 Å². The second kappa shape index (κ2) is 13.3. The predicted octanol–water partition coefficient (Wildman–Crippen LogP) is 16.8. The molecule has 272 valence electrons. The third-order valence-corrected chi connectivity index (χ3v) is 13.8. The van der Waals surface area contributed by atoms with Gasteiger partial charge in [-0.25, -0.2) is 0 Å². The molecule has 0 radical (unpaired) electrons. The molecule has 3 aromatic heterocycles. The molecule has 58 heavy (non-hydrogen) atoms. The first-order valence-corrected chi connectivity index (χ1v) is 21.2. The zero-order chi connectivity index (χ0) is 38.2. The molecule has 3 heterocycles. The number of fused-ring (bicyclic) bond motifs is 9. The topological polar surface area (TPSA) is 16.4 Å². The minimum Gasteiger partial charge on any atom is -0.455 e. The van der Waals surface area contributed by atoms with E-state index >= 15 is 0 Å². The van der Waals surface area contributed by atoms with Crippen LogP contribution in [-0.2, 0) is 0 Å². The van der Waals surface area contributed by atoms with E-state index in [0.29, 0.717) is 0 Å². The van der Waals surface area contributed by atoms with Gasteiger partial charge in [0.2, 0.25) is 0 Å². The fraction of sp³-hybridized carbons (Fsp3) is 0. The number of hydrogen-bond donors (Lipinski definition) is 0. The van der Waals surface area contributed by atoms with Crippen molar-refractivity contribution in [3.8, 4) is 33.4 Å². The van der Waals surface area contributed by atoms with Crippen LogP contribution in [0.25, 0.3) is 95.7 Å². The number of anilines is 3. The van der Waals surface area contributed by atoms with Crippen LogP contribution < -0.4 is 4.90 Å². The van der Waals surface area contributed by atoms with E-state index in [1.54, 1.807) is 0 Å². The average molecular weight is 776 g/mol. The zero-order valence-corrected chi connectivity index (χ0v) is 32.9. The molecule has 0 N–H and O–H groups in total. The lowest BCUT2D eigenvalue weighted by Gasteiger charge is -2.26. The Morgan fingerprint density at radius 3 is 1.60 bits per heavy atom. The Balaban J connectivity index is 0.936. The van der Waals surface area contributed by atoms with Crippen molar-refractivity contribution >= 4 is 102 Å². The highest BCUT2D eigenvalue weighted by molar-refractivity contribution is 7.26. The normalized spacial score (nSPS) is 11.8. The molecule has 0 atom stereocenters. The summed E-state index contributed by atoms with van der Waals surface area (Å²) >= 11 is 3.72. The van der Waals surface area contributed by atoms with Crippen molar-refractivity contribution in [3.63, 3.8) is 0 Å². The molecule has 4 heteroatoms. The fourth-order valence-electron chi connectivity index (χ4n) is 8.63. The van der Waals surface area contributed by atoms with Crippen LogP contribution in [0.2, 0.25) is 0 Å². The van der Waals surface area contributed by atoms with E-state index in [2.05, 4.69) is 199 Å². The van der Waals surface area contributed by atoms with E-state index in [9.17, 15) is 0 Å². The largest absolute Gasteiger partial charge is 0.455 e. The molecule has 0 saturated heterocycles. The standard InChI is InChI=1S/C54H33NOS2/c1-2-9-36(10-3-1)42-13-8-14-46-47-31-37(22-29-49(47)56-54(42)46)34-17-23-39(24-18-34)55(41-27-30-52-48(33-41)44-12-5-7-16-51(44)57-52)40-25-19-35(20-26-40)38-21-28-45-43-11-4-6-15-50(43)58-53(45)32-38/h1-33H. The van der Waals surface area contributed by atoms with Crippen LogP contribution in [0.4, 0.5) is 17.1 Å². The smallest absolute Gasteiger partial charge is 0.143 e. The summed E-state index contributed by atoms with van der Waals surface area (Å²) in [6, 6.07) is 72.7. The number of furan rings is 1. The molecule has 0 aliphatic heterocycles. The monoisotopic (exact) mass is 775 g/mol. The Hall–Kier alpha value is -6.98. The van der Waals surface area contributed by atoms with Gasteiger partial charge in [-0.05, 0) is 101 Å². The Labute approximate surface area is 343 Å². The predicted molar refractivity (Wildman–Crippen MR) is 250 cm³/mol. The highest BCUT2D eigenvalue weighted by atomic mass is 32.1. The van der Waals surface area contributed by atoms with E-state index < -0.39 is 0 Å². The van der Waals surface area contributed by atoms with Crippen molar-refractivity contribution in [1.29, 1.82) is 0 Å². The van der Waals surface area contributed by atoms with Crippen molar-refractivity contribution in [1.82, 2.24) is 0 Å². The third-order valence-electron chi connectivity index (χ3n) is 11.5. The van der Waals surface area contributed by atoms with Crippen LogP contribution in [0.1, 0.15) is 0 Å². The van der Waals surface area contributed by atoms with Gasteiger partial charge in [-0.15, -0.1) is 22.7 Å². The molecular formula is C54H33NOS2. The molecule has 0 amide bonds. The lowest BCUT2D eigenvalue weighted by Crippen LogP contribution is -2.09. The maximum Gasteiger partial charge on any atom is 0.143 e. The summed E-state index contributed by atoms with van der Waals surface area (Å²) in [5.41, 5.74) is 12.2. The fourth-order valence-corrected chi connectivity index (χ4v) is 10.9. The van der Waals surface area contributed by atoms with E-state index in [0.717, 1.165) is 61.3 Å². The highest BCUT2D eigenvalue weighted by Gasteiger charge is 2.17. The lowest BCUT2D eigenvalue weighted by atomic mass is 10.00. The first-order valence-electron chi connectivity index (χ1n) is 19.6. The van der Waals surface area contributed by atoms with Crippen molar-refractivity contribution in [3.05, 3.63) is 200 Å². The van der Waals surface area contributed by atoms with E-state index in [1.165, 1.54) is 51.5 Å². The summed E-state index contributed by atoms with van der Waals surface area (Å²) in [6.45, 7) is 0. The molecule has 2 nitrogen and oxygen atoms in total. The van der Waals surface area contributed by atoms with Gasteiger partial charge in [-0.1, -0.05) is 127 Å². The van der Waals surface area contributed by atoms with Gasteiger partial charge in [0, 0.05) is 73.7 Å². The third kappa shape index (κ3) is 5.45. The summed E-state index contributed by atoms with van der Waals surface area (Å²) in [5.74, 6) is 0. The maximum atomic E-state index is 6.49. The zero-order valence-electron chi connectivity index (χ0n) is 31.2. The molecule has 0 saturated carbocycles. The number of nitrogens with zero attached hydrogens (tertiary/aromatic N) is 1. The van der Waals surface area contributed by atoms with Gasteiger partial charge in [0.1, 0.15) is 11.2 Å². The van der Waals surface area contributed by atoms with Crippen LogP contribution >= 0.6 is 22.7 Å². The maximum absolute atomic E-state index is 6.49. The van der Waals surface area contributed by atoms with Crippen molar-refractivity contribution in [2.75, 3.05) is 4.90 Å². The van der Waals surface area contributed by atoms with E-state index in [1.807, 2.05) is 28.7 Å². The van der Waals surface area contributed by atoms with Crippen LogP contribution in [-0.4, -0.2) is 0 Å². The van der Waals surface area contributed by atoms with Crippen LogP contribution in [0.15, 0.2) is 205 Å². The summed E-state index contributed by atoms with van der Waals surface area (Å²) in [5, 5.41) is 7.48. The second-order valence-electron chi connectivity index (χ2n) is 14.9. The van der Waals surface area contributed by atoms with Gasteiger partial charge in [-0.3, -0.25) is 0 Å². The average Bonchev–Trinajstić information content (AvgIpc) is 3.98. The Morgan fingerprint density at radius 2 is 0.862 bits per heavy atom. The first-order chi connectivity index (χ1) is 28.7. The summed E-state index contributed by atoms with van der Waals surface area (Å²) in [6.07, 6.45) is 0. The number of para-hydroxylation sites is 1. The molecule has 12 rings (SSSR count). The van der Waals surface area contributed by atoms with Gasteiger partial charge >= 0.3 is 0 Å². The van der Waals surface area contributed by atoms with Crippen LogP contribution in [0.3, 0.4) is 0 Å². The number of benzene rings is 9. The molecule has 12 aromatic rings. The van der Waals surface area contributed by atoms with Gasteiger partial charge in [0.15, 0.2) is 0 Å². The van der Waals surface area contributed by atoms with Crippen molar-refractivity contribution in [2.24, 2.45) is 0 Å². The molecule has 0 bridgehead atoms. The number of thiophene rings is 2. The van der Waals surface area contributed by atoms with Gasteiger partial charge in [-0.2, -0.15) is 0 Å². The Morgan fingerprint density at radius 1 is 0.310 bits per heavy atom. The second-order valence-corrected chi connectivity index (χ2v) is 17.0. The van der Waals surface area contributed by atoms with Gasteiger partial charge < -0.3 is 9.32 Å². The van der Waals surface area contributed by atoms with Gasteiger partial charge in [0.05, 0.1) is 0 Å². The van der Waals surface area contributed by atoms with Gasteiger partial charge in [0.25, 0.3) is 0 Å². The lowest BCUT2D eigenvalue weighted by molar-refractivity contribution is 0.670. The SMILES string of the molecule is c1ccc(-c2cccc3c2oc2ccc(-c4ccc(N(c5ccc(-c6ccc7c(c6)sc6ccccc67)cc5)c5ccc6sc7ccccc7c6c5)cc4)cc23)cc1. The van der Waals surface area contributed by atoms with Crippen LogP contribution in [0.5, 0.6) is 0 Å². The van der Waals surface area contributed by atoms with E-state index in [-0.39, 0.29) is 0 Å². The summed E-state index contributed by atoms with van der Waals surface area (Å²) in [7, 11) is 0. The molecule has 9 aromatic carbocycles. The number of hydrogen-bond acceptors (Lipinski definition) is 4. The van der Waals surface area contributed by atoms with Crippen LogP contribution in [0, 0.1) is 0 Å².